The lowest BCUT2D eigenvalue weighted by Crippen LogP contribution is -2.61. The maximum Gasteiger partial charge on any atom is 0.319 e. The number of fused-ring (bicyclic) bond motifs is 1. The van der Waals surface area contributed by atoms with E-state index in [0.717, 1.165) is 36.0 Å². The number of anilines is 1. The maximum absolute atomic E-state index is 13.7. The molecule has 240 valence electrons. The highest BCUT2D eigenvalue weighted by Gasteiger charge is 2.44. The molecule has 0 aromatic heterocycles. The summed E-state index contributed by atoms with van der Waals surface area (Å²) in [4.78, 5) is 28.3. The zero-order valence-electron chi connectivity index (χ0n) is 26.7. The summed E-state index contributed by atoms with van der Waals surface area (Å²) in [7, 11) is 0. The second kappa shape index (κ2) is 14.4. The van der Waals surface area contributed by atoms with Gasteiger partial charge in [-0.3, -0.25) is 9.69 Å². The average molecular weight is 607 g/mol. The van der Waals surface area contributed by atoms with Crippen LogP contribution >= 0.6 is 0 Å². The van der Waals surface area contributed by atoms with Crippen molar-refractivity contribution in [2.24, 2.45) is 5.92 Å². The van der Waals surface area contributed by atoms with Gasteiger partial charge in [0.15, 0.2) is 6.29 Å². The standard InChI is InChI=1S/C35H50N4O5/c1-5-36-34(42)37-27-11-8-10-26(19-27)33-43-28(20-31(44-33)25-15-13-23(22-40)14-16-25)21-39-29-12-7-6-9-24(29)17-18-30(39)32(41)38-35(2,3)4/h8,10-11,13-16,19,24,28-31,33,40H,5-7,9,12,17-18,20-22H2,1-4H3,(H,38,41)(H2,36,37,42). The highest BCUT2D eigenvalue weighted by Crippen LogP contribution is 2.42. The van der Waals surface area contributed by atoms with Gasteiger partial charge in [0.25, 0.3) is 0 Å². The zero-order valence-corrected chi connectivity index (χ0v) is 26.7. The average Bonchev–Trinajstić information content (AvgIpc) is 3.00. The molecule has 9 heteroatoms. The molecule has 44 heavy (non-hydrogen) atoms. The summed E-state index contributed by atoms with van der Waals surface area (Å²) in [6.07, 6.45) is 6.30. The van der Waals surface area contributed by atoms with Crippen molar-refractivity contribution in [3.63, 3.8) is 0 Å². The lowest BCUT2D eigenvalue weighted by Gasteiger charge is -2.50. The summed E-state index contributed by atoms with van der Waals surface area (Å²) in [5, 5.41) is 18.5. The van der Waals surface area contributed by atoms with Crippen molar-refractivity contribution in [1.29, 1.82) is 0 Å². The van der Waals surface area contributed by atoms with Gasteiger partial charge in [0.1, 0.15) is 0 Å². The molecule has 2 saturated heterocycles. The number of hydrogen-bond donors (Lipinski definition) is 4. The molecule has 1 saturated carbocycles. The topological polar surface area (TPSA) is 112 Å². The molecular weight excluding hydrogens is 556 g/mol. The van der Waals surface area contributed by atoms with Gasteiger partial charge in [-0.25, -0.2) is 4.79 Å². The van der Waals surface area contributed by atoms with E-state index < -0.39 is 6.29 Å². The van der Waals surface area contributed by atoms with Crippen molar-refractivity contribution in [1.82, 2.24) is 15.5 Å². The molecule has 2 aromatic rings. The van der Waals surface area contributed by atoms with Gasteiger partial charge in [-0.05, 0) is 82.6 Å². The van der Waals surface area contributed by atoms with E-state index in [0.29, 0.717) is 37.2 Å². The van der Waals surface area contributed by atoms with E-state index in [4.69, 9.17) is 9.47 Å². The molecule has 4 N–H and O–H groups in total. The van der Waals surface area contributed by atoms with Crippen LogP contribution in [-0.2, 0) is 20.9 Å². The van der Waals surface area contributed by atoms with Gasteiger partial charge in [-0.15, -0.1) is 0 Å². The number of aliphatic hydroxyl groups excluding tert-OH is 1. The lowest BCUT2D eigenvalue weighted by atomic mass is 9.75. The number of carbonyl (C=O) groups excluding carboxylic acids is 2. The van der Waals surface area contributed by atoms with Crippen LogP contribution in [-0.4, -0.2) is 58.8 Å². The fraction of sp³-hybridized carbons (Fsp3) is 0.600. The molecule has 2 heterocycles. The number of carbonyl (C=O) groups is 2. The summed E-state index contributed by atoms with van der Waals surface area (Å²) in [5.74, 6) is 0.710. The molecule has 3 fully saturated rings. The molecule has 6 atom stereocenters. The number of ether oxygens (including phenoxy) is 2. The number of rotatable bonds is 8. The van der Waals surface area contributed by atoms with Crippen LogP contribution in [0.3, 0.4) is 0 Å². The Labute approximate surface area is 262 Å². The Bertz CT molecular complexity index is 1260. The largest absolute Gasteiger partial charge is 0.392 e. The van der Waals surface area contributed by atoms with Crippen molar-refractivity contribution in [3.8, 4) is 0 Å². The first-order valence-electron chi connectivity index (χ1n) is 16.4. The van der Waals surface area contributed by atoms with Crippen LogP contribution in [0.2, 0.25) is 0 Å². The van der Waals surface area contributed by atoms with Gasteiger partial charge >= 0.3 is 6.03 Å². The number of likely N-dealkylation sites (tertiary alicyclic amines) is 1. The third kappa shape index (κ3) is 8.18. The Morgan fingerprint density at radius 2 is 1.75 bits per heavy atom. The summed E-state index contributed by atoms with van der Waals surface area (Å²) < 4.78 is 13.3. The summed E-state index contributed by atoms with van der Waals surface area (Å²) in [6, 6.07) is 15.4. The molecule has 0 spiro atoms. The van der Waals surface area contributed by atoms with E-state index in [-0.39, 0.29) is 42.3 Å². The van der Waals surface area contributed by atoms with E-state index in [1.54, 1.807) is 0 Å². The molecular formula is C35H50N4O5. The Kier molecular flexibility index (Phi) is 10.6. The smallest absolute Gasteiger partial charge is 0.319 e. The monoisotopic (exact) mass is 606 g/mol. The minimum atomic E-state index is -0.652. The molecule has 1 aliphatic carbocycles. The highest BCUT2D eigenvalue weighted by atomic mass is 16.7. The van der Waals surface area contributed by atoms with Crippen LogP contribution in [0.5, 0.6) is 0 Å². The first-order valence-corrected chi connectivity index (χ1v) is 16.4. The lowest BCUT2D eigenvalue weighted by molar-refractivity contribution is -0.255. The molecule has 0 radical (unpaired) electrons. The predicted molar refractivity (Wildman–Crippen MR) is 171 cm³/mol. The van der Waals surface area contributed by atoms with Crippen molar-refractivity contribution in [3.05, 3.63) is 65.2 Å². The molecule has 9 nitrogen and oxygen atoms in total. The van der Waals surface area contributed by atoms with E-state index in [2.05, 4.69) is 20.9 Å². The van der Waals surface area contributed by atoms with Crippen molar-refractivity contribution in [2.45, 2.75) is 115 Å². The number of benzene rings is 2. The Hall–Kier alpha value is -2.98. The number of nitrogens with zero attached hydrogens (tertiary/aromatic N) is 1. The van der Waals surface area contributed by atoms with Gasteiger partial charge in [0, 0.05) is 42.3 Å². The van der Waals surface area contributed by atoms with Crippen LogP contribution < -0.4 is 16.0 Å². The van der Waals surface area contributed by atoms with Crippen LogP contribution in [0.15, 0.2) is 48.5 Å². The molecule has 6 unspecified atom stereocenters. The van der Waals surface area contributed by atoms with Crippen LogP contribution in [0.4, 0.5) is 10.5 Å². The molecule has 2 aliphatic heterocycles. The van der Waals surface area contributed by atoms with Crippen LogP contribution in [0.25, 0.3) is 0 Å². The first-order chi connectivity index (χ1) is 21.1. The van der Waals surface area contributed by atoms with Gasteiger partial charge in [-0.1, -0.05) is 49.2 Å². The minimum Gasteiger partial charge on any atom is -0.392 e. The quantitative estimate of drug-likeness (QED) is 0.302. The fourth-order valence-corrected chi connectivity index (χ4v) is 7.09. The maximum atomic E-state index is 13.7. The molecule has 3 amide bonds. The summed E-state index contributed by atoms with van der Waals surface area (Å²) in [6.45, 7) is 9.15. The number of urea groups is 1. The molecule has 5 rings (SSSR count). The van der Waals surface area contributed by atoms with Crippen LogP contribution in [0, 0.1) is 5.92 Å². The molecule has 2 aromatic carbocycles. The summed E-state index contributed by atoms with van der Waals surface area (Å²) in [5.41, 5.74) is 3.05. The van der Waals surface area contributed by atoms with Crippen molar-refractivity contribution < 1.29 is 24.2 Å². The third-order valence-corrected chi connectivity index (χ3v) is 9.09. The second-order valence-corrected chi connectivity index (χ2v) is 13.6. The molecule has 3 aliphatic rings. The Morgan fingerprint density at radius 1 is 0.977 bits per heavy atom. The highest BCUT2D eigenvalue weighted by molar-refractivity contribution is 5.89. The van der Waals surface area contributed by atoms with Gasteiger partial charge < -0.3 is 30.5 Å². The van der Waals surface area contributed by atoms with E-state index in [9.17, 15) is 14.7 Å². The number of piperidine rings is 1. The van der Waals surface area contributed by atoms with Gasteiger partial charge in [0.05, 0.1) is 24.9 Å². The first kappa shape index (κ1) is 32.4. The zero-order chi connectivity index (χ0) is 31.3. The molecule has 0 bridgehead atoms. The number of hydrogen-bond acceptors (Lipinski definition) is 6. The van der Waals surface area contributed by atoms with Gasteiger partial charge in [-0.2, -0.15) is 0 Å². The normalized spacial score (nSPS) is 27.7. The minimum absolute atomic E-state index is 0.0128. The van der Waals surface area contributed by atoms with E-state index in [1.165, 1.54) is 19.3 Å². The van der Waals surface area contributed by atoms with Crippen LogP contribution in [0.1, 0.15) is 102 Å². The number of nitrogens with one attached hydrogen (secondary N) is 3. The van der Waals surface area contributed by atoms with Crippen molar-refractivity contribution >= 4 is 17.6 Å². The fourth-order valence-electron chi connectivity index (χ4n) is 7.09. The van der Waals surface area contributed by atoms with E-state index in [1.807, 2.05) is 76.2 Å². The summed E-state index contributed by atoms with van der Waals surface area (Å²) >= 11 is 0. The number of amides is 3. The Morgan fingerprint density at radius 3 is 2.48 bits per heavy atom. The predicted octanol–water partition coefficient (Wildman–Crippen LogP) is 5.80. The number of aliphatic hydroxyl groups is 1. The SMILES string of the molecule is CCNC(=O)Nc1cccc(C2OC(CN3C(C(=O)NC(C)(C)C)CCC4CCCCC43)CC(c3ccc(CO)cc3)O2)c1. The van der Waals surface area contributed by atoms with Gasteiger partial charge in [0.2, 0.25) is 5.91 Å². The third-order valence-electron chi connectivity index (χ3n) is 9.09. The second-order valence-electron chi connectivity index (χ2n) is 13.6. The van der Waals surface area contributed by atoms with E-state index >= 15 is 0 Å². The Balaban J connectivity index is 1.42. The van der Waals surface area contributed by atoms with Crippen molar-refractivity contribution in [2.75, 3.05) is 18.4 Å².